The van der Waals surface area contributed by atoms with Crippen molar-refractivity contribution >= 4 is 11.7 Å². The summed E-state index contributed by atoms with van der Waals surface area (Å²) in [6, 6.07) is 13.9. The van der Waals surface area contributed by atoms with E-state index in [-0.39, 0.29) is 16.7 Å². The largest absolute Gasteiger partial charge is 0.256 e. The van der Waals surface area contributed by atoms with Crippen molar-refractivity contribution in [2.45, 2.75) is 19.8 Å². The lowest BCUT2D eigenvalue weighted by molar-refractivity contribution is 0.447. The van der Waals surface area contributed by atoms with Crippen molar-refractivity contribution in [1.29, 1.82) is 0 Å². The topological polar surface area (TPSA) is 12.9 Å². The maximum absolute atomic E-state index is 14.8. The van der Waals surface area contributed by atoms with Gasteiger partial charge < -0.3 is 0 Å². The molecule has 0 N–H and O–H groups in total. The minimum atomic E-state index is -1.68. The predicted octanol–water partition coefficient (Wildman–Crippen LogP) is 8.69. The number of benzene rings is 3. The number of hydrogen-bond acceptors (Lipinski definition) is 1. The Labute approximate surface area is 198 Å². The van der Waals surface area contributed by atoms with E-state index in [4.69, 9.17) is 0 Å². The van der Waals surface area contributed by atoms with Gasteiger partial charge in [-0.25, -0.2) is 26.3 Å². The summed E-state index contributed by atoms with van der Waals surface area (Å²) >= 11 is 0. The van der Waals surface area contributed by atoms with E-state index in [2.05, 4.69) is 11.9 Å². The number of hydrogen-bond donors (Lipinski definition) is 0. The van der Waals surface area contributed by atoms with Gasteiger partial charge in [0.25, 0.3) is 0 Å². The molecule has 0 radical (unpaired) electrons. The number of aryl methyl sites for hydroxylation is 1. The highest BCUT2D eigenvalue weighted by molar-refractivity contribution is 5.84. The van der Waals surface area contributed by atoms with Gasteiger partial charge in [-0.15, -0.1) is 0 Å². The first-order valence-corrected chi connectivity index (χ1v) is 10.8. The van der Waals surface area contributed by atoms with Gasteiger partial charge >= 0.3 is 0 Å². The van der Waals surface area contributed by atoms with Crippen LogP contribution < -0.4 is 0 Å². The summed E-state index contributed by atoms with van der Waals surface area (Å²) in [7, 11) is 0. The molecule has 0 aliphatic heterocycles. The van der Waals surface area contributed by atoms with Crippen LogP contribution in [0.15, 0.2) is 72.9 Å². The SMILES string of the molecule is CCCc1ccc(-c2ccc(C(F)=C(F)c3ccc(-c4cc(F)c(F)c(F)c4)c(F)c3)cc2)nc1. The molecule has 0 aliphatic carbocycles. The Hall–Kier alpha value is -3.87. The van der Waals surface area contributed by atoms with E-state index < -0.39 is 40.5 Å². The standard InChI is InChI=1S/C28H19F6N/c1-2-3-16-4-11-25(35-15-16)17-5-7-18(8-6-17)26(32)27(33)19-9-10-21(22(29)12-19)20-13-23(30)28(34)24(31)14-20/h4-15H,2-3H2,1H3. The Bertz CT molecular complexity index is 1370. The molecule has 0 amide bonds. The second kappa shape index (κ2) is 10.2. The average Bonchev–Trinajstić information content (AvgIpc) is 2.87. The number of halogens is 6. The Balaban J connectivity index is 1.60. The summed E-state index contributed by atoms with van der Waals surface area (Å²) in [5, 5.41) is 0. The number of rotatable bonds is 6. The van der Waals surface area contributed by atoms with Crippen LogP contribution in [0.25, 0.3) is 34.0 Å². The van der Waals surface area contributed by atoms with Crippen molar-refractivity contribution in [3.63, 3.8) is 0 Å². The predicted molar refractivity (Wildman–Crippen MR) is 124 cm³/mol. The van der Waals surface area contributed by atoms with E-state index in [1.54, 1.807) is 18.3 Å². The molecule has 4 rings (SSSR count). The molecule has 0 fully saturated rings. The molecule has 0 unspecified atom stereocenters. The van der Waals surface area contributed by atoms with E-state index in [1.807, 2.05) is 12.1 Å². The van der Waals surface area contributed by atoms with Gasteiger partial charge in [-0.05, 0) is 41.8 Å². The summed E-state index contributed by atoms with van der Waals surface area (Å²) in [5.74, 6) is -8.22. The summed E-state index contributed by atoms with van der Waals surface area (Å²) in [4.78, 5) is 4.39. The fourth-order valence-electron chi connectivity index (χ4n) is 3.67. The van der Waals surface area contributed by atoms with Crippen LogP contribution in [0.3, 0.4) is 0 Å². The van der Waals surface area contributed by atoms with Crippen LogP contribution in [-0.4, -0.2) is 4.98 Å². The second-order valence-electron chi connectivity index (χ2n) is 7.96. The molecule has 1 aromatic heterocycles. The maximum atomic E-state index is 14.8. The van der Waals surface area contributed by atoms with Gasteiger partial charge in [-0.1, -0.05) is 55.8 Å². The van der Waals surface area contributed by atoms with E-state index in [1.165, 1.54) is 12.1 Å². The zero-order valence-corrected chi connectivity index (χ0v) is 18.6. The summed E-state index contributed by atoms with van der Waals surface area (Å²) in [6.45, 7) is 2.07. The number of aromatic nitrogens is 1. The van der Waals surface area contributed by atoms with Crippen molar-refractivity contribution in [2.75, 3.05) is 0 Å². The average molecular weight is 483 g/mol. The highest BCUT2D eigenvalue weighted by Crippen LogP contribution is 2.33. The molecule has 7 heteroatoms. The molecular weight excluding hydrogens is 464 g/mol. The monoisotopic (exact) mass is 483 g/mol. The normalized spacial score (nSPS) is 12.0. The molecular formula is C28H19F6N. The smallest absolute Gasteiger partial charge is 0.194 e. The first-order chi connectivity index (χ1) is 16.8. The lowest BCUT2D eigenvalue weighted by atomic mass is 10.0. The summed E-state index contributed by atoms with van der Waals surface area (Å²) in [5.41, 5.74) is 1.50. The van der Waals surface area contributed by atoms with Crippen molar-refractivity contribution in [1.82, 2.24) is 4.98 Å². The third-order valence-corrected chi connectivity index (χ3v) is 5.51. The number of nitrogens with zero attached hydrogens (tertiary/aromatic N) is 1. The van der Waals surface area contributed by atoms with Crippen LogP contribution in [-0.2, 0) is 6.42 Å². The van der Waals surface area contributed by atoms with Crippen molar-refractivity contribution in [3.8, 4) is 22.4 Å². The Kier molecular flexibility index (Phi) is 7.05. The van der Waals surface area contributed by atoms with E-state index in [9.17, 15) is 26.3 Å². The molecule has 0 saturated heterocycles. The molecule has 0 spiro atoms. The lowest BCUT2D eigenvalue weighted by Gasteiger charge is -2.08. The molecule has 178 valence electrons. The maximum Gasteiger partial charge on any atom is 0.194 e. The molecule has 0 atom stereocenters. The molecule has 0 saturated carbocycles. The summed E-state index contributed by atoms with van der Waals surface area (Å²) < 4.78 is 84.3. The van der Waals surface area contributed by atoms with Gasteiger partial charge in [0, 0.05) is 28.5 Å². The lowest BCUT2D eigenvalue weighted by Crippen LogP contribution is -1.94. The fourth-order valence-corrected chi connectivity index (χ4v) is 3.67. The Morgan fingerprint density at radius 1 is 0.686 bits per heavy atom. The van der Waals surface area contributed by atoms with Crippen LogP contribution >= 0.6 is 0 Å². The second-order valence-corrected chi connectivity index (χ2v) is 7.96. The highest BCUT2D eigenvalue weighted by Gasteiger charge is 2.17. The van der Waals surface area contributed by atoms with Crippen LogP contribution in [0.5, 0.6) is 0 Å². The van der Waals surface area contributed by atoms with Crippen LogP contribution in [0, 0.1) is 23.3 Å². The first-order valence-electron chi connectivity index (χ1n) is 10.8. The van der Waals surface area contributed by atoms with Gasteiger partial charge in [-0.3, -0.25) is 4.98 Å². The van der Waals surface area contributed by atoms with Crippen LogP contribution in [0.1, 0.15) is 30.0 Å². The van der Waals surface area contributed by atoms with Gasteiger partial charge in [0.05, 0.1) is 5.69 Å². The molecule has 1 heterocycles. The summed E-state index contributed by atoms with van der Waals surface area (Å²) in [6.07, 6.45) is 3.70. The van der Waals surface area contributed by atoms with Crippen LogP contribution in [0.2, 0.25) is 0 Å². The number of pyridine rings is 1. The molecule has 0 aliphatic rings. The van der Waals surface area contributed by atoms with Crippen molar-refractivity contribution < 1.29 is 26.3 Å². The minimum absolute atomic E-state index is 0.0546. The first kappa shape index (κ1) is 24.3. The zero-order chi connectivity index (χ0) is 25.1. The molecule has 3 aromatic carbocycles. The molecule has 35 heavy (non-hydrogen) atoms. The Morgan fingerprint density at radius 3 is 1.89 bits per heavy atom. The van der Waals surface area contributed by atoms with E-state index in [0.717, 1.165) is 36.1 Å². The van der Waals surface area contributed by atoms with Crippen molar-refractivity contribution in [2.24, 2.45) is 0 Å². The fraction of sp³-hybridized carbons (Fsp3) is 0.107. The minimum Gasteiger partial charge on any atom is -0.256 e. The van der Waals surface area contributed by atoms with E-state index in [0.29, 0.717) is 23.9 Å². The van der Waals surface area contributed by atoms with Crippen LogP contribution in [0.4, 0.5) is 26.3 Å². The third-order valence-electron chi connectivity index (χ3n) is 5.51. The van der Waals surface area contributed by atoms with E-state index >= 15 is 0 Å². The molecule has 4 aromatic rings. The van der Waals surface area contributed by atoms with Gasteiger partial charge in [0.2, 0.25) is 0 Å². The van der Waals surface area contributed by atoms with Gasteiger partial charge in [-0.2, -0.15) is 0 Å². The zero-order valence-electron chi connectivity index (χ0n) is 18.6. The molecule has 1 nitrogen and oxygen atoms in total. The quantitative estimate of drug-likeness (QED) is 0.152. The third kappa shape index (κ3) is 5.14. The molecule has 0 bridgehead atoms. The highest BCUT2D eigenvalue weighted by atomic mass is 19.2. The van der Waals surface area contributed by atoms with Gasteiger partial charge in [0.1, 0.15) is 5.82 Å². The van der Waals surface area contributed by atoms with Crippen molar-refractivity contribution in [3.05, 3.63) is 113 Å². The Morgan fingerprint density at radius 2 is 1.31 bits per heavy atom. The van der Waals surface area contributed by atoms with Gasteiger partial charge in [0.15, 0.2) is 29.1 Å².